The Kier molecular flexibility index (Phi) is 12.7. The predicted octanol–water partition coefficient (Wildman–Crippen LogP) is 20.6. The smallest absolute Gasteiger partial charge is 0.145 e. The summed E-state index contributed by atoms with van der Waals surface area (Å²) in [6.07, 6.45) is 4.38. The number of rotatable bonds is 10. The highest BCUT2D eigenvalue weighted by Gasteiger charge is 2.50. The van der Waals surface area contributed by atoms with E-state index in [1.54, 1.807) is 0 Å². The molecule has 0 amide bonds. The molecule has 0 saturated carbocycles. The average Bonchev–Trinajstić information content (AvgIpc) is 1.57. The van der Waals surface area contributed by atoms with Gasteiger partial charge in [-0.05, 0) is 134 Å². The normalized spacial score (nSPS) is 13.9. The molecule has 1 aliphatic heterocycles. The molecule has 84 heavy (non-hydrogen) atoms. The van der Waals surface area contributed by atoms with Gasteiger partial charge >= 0.3 is 0 Å². The van der Waals surface area contributed by atoms with Crippen molar-refractivity contribution < 1.29 is 4.42 Å². The molecule has 10 aromatic carbocycles. The van der Waals surface area contributed by atoms with Gasteiger partial charge in [-0.1, -0.05) is 241 Å². The molecule has 14 rings (SSSR count). The number of hydrogen-bond donors (Lipinski definition) is 1. The number of nitrogens with one attached hydrogen (secondary N) is 1. The number of aromatic nitrogens is 1. The van der Waals surface area contributed by atoms with E-state index in [4.69, 9.17) is 9.40 Å². The molecule has 1 aliphatic carbocycles. The predicted molar refractivity (Wildman–Crippen MR) is 352 cm³/mol. The summed E-state index contributed by atoms with van der Waals surface area (Å²) < 4.78 is 7.60. The lowest BCUT2D eigenvalue weighted by molar-refractivity contribution is 0.590. The molecule has 12 aromatic rings. The molecule has 0 saturated heterocycles. The number of anilines is 5. The molecule has 0 fully saturated rings. The number of pyridine rings is 1. The van der Waals surface area contributed by atoms with Crippen molar-refractivity contribution in [3.63, 3.8) is 0 Å². The first kappa shape index (κ1) is 52.4. The lowest BCUT2D eigenvalue weighted by atomic mass is 9.67. The largest absolute Gasteiger partial charge is 0.455 e. The summed E-state index contributed by atoms with van der Waals surface area (Å²) in [6, 6.07) is 87.3. The second-order valence-electron chi connectivity index (χ2n) is 25.0. The Hall–Kier alpha value is -9.71. The van der Waals surface area contributed by atoms with Crippen LogP contribution in [0.5, 0.6) is 0 Å². The summed E-state index contributed by atoms with van der Waals surface area (Å²) in [5.41, 5.74) is 20.9. The highest BCUT2D eigenvalue weighted by Crippen LogP contribution is 2.64. The molecule has 0 spiro atoms. The fourth-order valence-electron chi connectivity index (χ4n) is 13.3. The minimum Gasteiger partial charge on any atom is -0.455 e. The minimum atomic E-state index is -0.895. The molecular formula is C79H68N4O. The summed E-state index contributed by atoms with van der Waals surface area (Å²) in [5, 5.41) is 8.34. The van der Waals surface area contributed by atoms with Gasteiger partial charge in [-0.25, -0.2) is 4.98 Å². The molecule has 1 N–H and O–H groups in total. The van der Waals surface area contributed by atoms with E-state index in [0.29, 0.717) is 6.54 Å². The molecule has 0 bridgehead atoms. The zero-order valence-corrected chi connectivity index (χ0v) is 49.1. The number of furan rings is 1. The first-order chi connectivity index (χ1) is 40.8. The second kappa shape index (κ2) is 20.3. The van der Waals surface area contributed by atoms with Gasteiger partial charge in [-0.15, -0.1) is 0 Å². The molecule has 410 valence electrons. The second-order valence-corrected chi connectivity index (χ2v) is 25.0. The minimum absolute atomic E-state index is 0.0390. The third kappa shape index (κ3) is 8.63. The van der Waals surface area contributed by atoms with Gasteiger partial charge in [0.15, 0.2) is 0 Å². The quantitative estimate of drug-likeness (QED) is 0.148. The van der Waals surface area contributed by atoms with Gasteiger partial charge in [0, 0.05) is 51.6 Å². The van der Waals surface area contributed by atoms with E-state index in [-0.39, 0.29) is 10.8 Å². The Balaban J connectivity index is 1.16. The van der Waals surface area contributed by atoms with Crippen LogP contribution in [0.4, 0.5) is 28.6 Å². The van der Waals surface area contributed by atoms with Crippen molar-refractivity contribution >= 4 is 66.9 Å². The van der Waals surface area contributed by atoms with Crippen molar-refractivity contribution in [1.82, 2.24) is 10.3 Å². The van der Waals surface area contributed by atoms with Gasteiger partial charge in [-0.2, -0.15) is 0 Å². The van der Waals surface area contributed by atoms with Crippen LogP contribution in [-0.4, -0.2) is 11.5 Å². The monoisotopic (exact) mass is 1090 g/mol. The Morgan fingerprint density at radius 2 is 0.988 bits per heavy atom. The van der Waals surface area contributed by atoms with Crippen molar-refractivity contribution in [3.8, 4) is 22.3 Å². The number of para-hydroxylation sites is 1. The van der Waals surface area contributed by atoms with Crippen LogP contribution in [0.3, 0.4) is 0 Å². The number of fused-ring (bicyclic) bond motifs is 9. The summed E-state index contributed by atoms with van der Waals surface area (Å²) in [5.74, 6) is 1.85. The van der Waals surface area contributed by atoms with Crippen molar-refractivity contribution in [1.29, 1.82) is 0 Å². The zero-order valence-electron chi connectivity index (χ0n) is 49.1. The van der Waals surface area contributed by atoms with Crippen LogP contribution in [0.15, 0.2) is 265 Å². The topological polar surface area (TPSA) is 44.5 Å². The van der Waals surface area contributed by atoms with Crippen LogP contribution in [0.1, 0.15) is 93.0 Å². The average molecular weight is 1090 g/mol. The maximum atomic E-state index is 7.60. The standard InChI is InChI=1S/C79H68N4O/c1-51-45-64(53-25-13-9-14-26-53)75(80-49-51)82(59-41-37-55(38-42-59)77(3,4)5)68-47-66-71(62-34-22-21-33-61(62)68)73-67(79(66,57-29-17-11-18-30-57)58-31-19-12-20-32-58)48-69(72-63-35-23-24-36-70(63)84-74(72)73)83(60-43-39-56(40-44-60)78(6,7)8)76-65(46-52(2)50-81-76)54-27-15-10-16-28-54/h9-48,50,80H,49H2,1-8H3. The van der Waals surface area contributed by atoms with Gasteiger partial charge in [0.05, 0.1) is 22.2 Å². The first-order valence-corrected chi connectivity index (χ1v) is 29.5. The highest BCUT2D eigenvalue weighted by molar-refractivity contribution is 6.23. The van der Waals surface area contributed by atoms with Crippen molar-refractivity contribution in [2.75, 3.05) is 16.3 Å². The van der Waals surface area contributed by atoms with Crippen molar-refractivity contribution in [2.24, 2.45) is 0 Å². The first-order valence-electron chi connectivity index (χ1n) is 29.5. The van der Waals surface area contributed by atoms with E-state index < -0.39 is 5.41 Å². The molecule has 0 unspecified atom stereocenters. The number of benzene rings is 10. The van der Waals surface area contributed by atoms with E-state index in [0.717, 1.165) is 123 Å². The molecule has 2 aliphatic rings. The van der Waals surface area contributed by atoms with Gasteiger partial charge < -0.3 is 9.73 Å². The van der Waals surface area contributed by atoms with Crippen molar-refractivity contribution in [3.05, 3.63) is 305 Å². The molecule has 2 aromatic heterocycles. The van der Waals surface area contributed by atoms with Crippen LogP contribution in [0, 0.1) is 6.92 Å². The van der Waals surface area contributed by atoms with Crippen LogP contribution in [-0.2, 0) is 16.2 Å². The van der Waals surface area contributed by atoms with E-state index in [1.807, 2.05) is 6.20 Å². The highest BCUT2D eigenvalue weighted by atomic mass is 16.3. The molecular weight excluding hydrogens is 1020 g/mol. The summed E-state index contributed by atoms with van der Waals surface area (Å²) in [7, 11) is 0. The zero-order chi connectivity index (χ0) is 57.5. The van der Waals surface area contributed by atoms with E-state index in [2.05, 4.69) is 313 Å². The van der Waals surface area contributed by atoms with Crippen LogP contribution >= 0.6 is 0 Å². The summed E-state index contributed by atoms with van der Waals surface area (Å²) in [6.45, 7) is 18.8. The Morgan fingerprint density at radius 3 is 1.58 bits per heavy atom. The van der Waals surface area contributed by atoms with Crippen LogP contribution in [0.25, 0.3) is 60.5 Å². The van der Waals surface area contributed by atoms with Gasteiger partial charge in [0.1, 0.15) is 22.8 Å². The molecule has 0 atom stereocenters. The number of nitrogens with zero attached hydrogens (tertiary/aromatic N) is 3. The SMILES string of the molecule is CC1=CC(c2ccccc2)=C(N(c2ccc(C(C)(C)C)cc2)c2cc3c(c4ccccc24)-c2c(cc(N(c4ccc(C(C)(C)C)cc4)c4ncc(C)cc4-c4ccccc4)c4c2oc2ccccc24)C3(c2ccccc2)c2ccccc2)NC1. The van der Waals surface area contributed by atoms with Gasteiger partial charge in [0.2, 0.25) is 0 Å². The van der Waals surface area contributed by atoms with Gasteiger partial charge in [-0.3, -0.25) is 9.80 Å². The summed E-state index contributed by atoms with van der Waals surface area (Å²) >= 11 is 0. The number of dihydropyridines is 1. The van der Waals surface area contributed by atoms with Crippen LogP contribution < -0.4 is 15.1 Å². The number of hydrogen-bond acceptors (Lipinski definition) is 5. The molecule has 3 heterocycles. The number of aryl methyl sites for hydroxylation is 1. The third-order valence-electron chi connectivity index (χ3n) is 17.4. The lowest BCUT2D eigenvalue weighted by Gasteiger charge is -2.37. The fraction of sp³-hybridized carbons (Fsp3) is 0.152. The lowest BCUT2D eigenvalue weighted by Crippen LogP contribution is -2.33. The maximum Gasteiger partial charge on any atom is 0.145 e. The van der Waals surface area contributed by atoms with Crippen molar-refractivity contribution in [2.45, 2.75) is 71.6 Å². The number of allylic oxidation sites excluding steroid dienone is 2. The molecule has 0 radical (unpaired) electrons. The Morgan fingerprint density at radius 1 is 0.488 bits per heavy atom. The summed E-state index contributed by atoms with van der Waals surface area (Å²) in [4.78, 5) is 10.4. The van der Waals surface area contributed by atoms with Crippen LogP contribution in [0.2, 0.25) is 0 Å². The van der Waals surface area contributed by atoms with E-state index >= 15 is 0 Å². The molecule has 5 nitrogen and oxygen atoms in total. The van der Waals surface area contributed by atoms with E-state index in [9.17, 15) is 0 Å². The third-order valence-corrected chi connectivity index (χ3v) is 17.4. The maximum absolute atomic E-state index is 7.60. The van der Waals surface area contributed by atoms with Gasteiger partial charge in [0.25, 0.3) is 0 Å². The Bertz CT molecular complexity index is 4500. The Labute approximate surface area is 493 Å². The van der Waals surface area contributed by atoms with E-state index in [1.165, 1.54) is 22.3 Å². The fourth-order valence-corrected chi connectivity index (χ4v) is 13.3. The molecule has 5 heteroatoms.